The van der Waals surface area contributed by atoms with Gasteiger partial charge in [-0.25, -0.2) is 0 Å². The molecule has 2 saturated heterocycles. The molecular weight excluding hydrogens is 262 g/mol. The molecule has 3 unspecified atom stereocenters. The molecule has 0 bridgehead atoms. The molecule has 0 spiro atoms. The van der Waals surface area contributed by atoms with Crippen molar-refractivity contribution in [2.75, 3.05) is 26.2 Å². The molecule has 1 aromatic heterocycles. The van der Waals surface area contributed by atoms with Gasteiger partial charge in [0.2, 0.25) is 0 Å². The lowest BCUT2D eigenvalue weighted by atomic mass is 9.96. The first kappa shape index (κ1) is 14.9. The average Bonchev–Trinajstić information content (AvgIpc) is 3.00. The number of rotatable bonds is 6. The third-order valence-electron chi connectivity index (χ3n) is 5.00. The van der Waals surface area contributed by atoms with Crippen LogP contribution in [-0.4, -0.2) is 53.3 Å². The fourth-order valence-electron chi connectivity index (χ4n) is 3.76. The molecule has 2 fully saturated rings. The summed E-state index contributed by atoms with van der Waals surface area (Å²) in [7, 11) is 0. The molecule has 4 nitrogen and oxygen atoms in total. The maximum absolute atomic E-state index is 9.59. The number of aliphatic hydroxyl groups excluding tert-OH is 1. The van der Waals surface area contributed by atoms with E-state index >= 15 is 0 Å². The number of fused-ring (bicyclic) bond motifs is 1. The molecule has 4 heteroatoms. The number of nitrogens with one attached hydrogen (secondary N) is 1. The first-order chi connectivity index (χ1) is 10.3. The molecule has 116 valence electrons. The molecule has 2 N–H and O–H groups in total. The highest BCUT2D eigenvalue weighted by Crippen LogP contribution is 2.26. The van der Waals surface area contributed by atoms with Crippen LogP contribution in [0.25, 0.3) is 0 Å². The maximum Gasteiger partial charge on any atom is 0.0475 e. The van der Waals surface area contributed by atoms with Crippen molar-refractivity contribution in [2.24, 2.45) is 5.92 Å². The molecule has 1 aromatic rings. The molecular formula is C17H27N3O. The van der Waals surface area contributed by atoms with Crippen LogP contribution in [0, 0.1) is 5.92 Å². The summed E-state index contributed by atoms with van der Waals surface area (Å²) in [5.74, 6) is 0.265. The lowest BCUT2D eigenvalue weighted by molar-refractivity contribution is 0.157. The molecule has 0 saturated carbocycles. The number of hydrogen-bond donors (Lipinski definition) is 2. The Labute approximate surface area is 127 Å². The highest BCUT2D eigenvalue weighted by atomic mass is 16.3. The number of nitrogens with zero attached hydrogens (tertiary/aromatic N) is 2. The zero-order valence-corrected chi connectivity index (χ0v) is 12.7. The topological polar surface area (TPSA) is 48.4 Å². The van der Waals surface area contributed by atoms with E-state index in [1.54, 1.807) is 0 Å². The molecule has 3 heterocycles. The molecule has 3 atom stereocenters. The first-order valence-electron chi connectivity index (χ1n) is 8.33. The number of aliphatic hydroxyl groups is 1. The van der Waals surface area contributed by atoms with Gasteiger partial charge in [0.25, 0.3) is 0 Å². The summed E-state index contributed by atoms with van der Waals surface area (Å²) >= 11 is 0. The second-order valence-corrected chi connectivity index (χ2v) is 6.54. The van der Waals surface area contributed by atoms with Gasteiger partial charge in [-0.1, -0.05) is 6.07 Å². The van der Waals surface area contributed by atoms with Gasteiger partial charge in [-0.15, -0.1) is 0 Å². The SMILES string of the molecule is OCC(CNC1CCN2CCCC2C1)Cc1ccccn1. The van der Waals surface area contributed by atoms with E-state index in [9.17, 15) is 5.11 Å². The van der Waals surface area contributed by atoms with Crippen LogP contribution in [-0.2, 0) is 6.42 Å². The van der Waals surface area contributed by atoms with Crippen molar-refractivity contribution in [3.05, 3.63) is 30.1 Å². The number of hydrogen-bond acceptors (Lipinski definition) is 4. The third-order valence-corrected chi connectivity index (χ3v) is 5.00. The summed E-state index contributed by atoms with van der Waals surface area (Å²) in [6.07, 6.45) is 7.95. The minimum Gasteiger partial charge on any atom is -0.396 e. The van der Waals surface area contributed by atoms with E-state index in [0.29, 0.717) is 6.04 Å². The Morgan fingerprint density at radius 1 is 1.33 bits per heavy atom. The van der Waals surface area contributed by atoms with Crippen LogP contribution in [0.3, 0.4) is 0 Å². The van der Waals surface area contributed by atoms with E-state index in [0.717, 1.165) is 24.7 Å². The molecule has 0 aromatic carbocycles. The normalized spacial score (nSPS) is 27.5. The van der Waals surface area contributed by atoms with Crippen molar-refractivity contribution in [1.29, 1.82) is 0 Å². The summed E-state index contributed by atoms with van der Waals surface area (Å²) < 4.78 is 0. The van der Waals surface area contributed by atoms with Crippen LogP contribution >= 0.6 is 0 Å². The summed E-state index contributed by atoms with van der Waals surface area (Å²) in [4.78, 5) is 7.01. The number of pyridine rings is 1. The van der Waals surface area contributed by atoms with Gasteiger partial charge < -0.3 is 15.3 Å². The van der Waals surface area contributed by atoms with Crippen LogP contribution in [0.1, 0.15) is 31.4 Å². The molecule has 0 aliphatic carbocycles. The molecule has 21 heavy (non-hydrogen) atoms. The minimum atomic E-state index is 0.228. The number of piperidine rings is 1. The second kappa shape index (κ2) is 7.34. The fourth-order valence-corrected chi connectivity index (χ4v) is 3.76. The zero-order chi connectivity index (χ0) is 14.5. The Kier molecular flexibility index (Phi) is 5.22. The Balaban J connectivity index is 1.44. The van der Waals surface area contributed by atoms with Crippen LogP contribution in [0.15, 0.2) is 24.4 Å². The zero-order valence-electron chi connectivity index (χ0n) is 12.7. The lowest BCUT2D eigenvalue weighted by Crippen LogP contribution is -2.47. The summed E-state index contributed by atoms with van der Waals surface area (Å²) in [5.41, 5.74) is 1.07. The lowest BCUT2D eigenvalue weighted by Gasteiger charge is -2.35. The van der Waals surface area contributed by atoms with Gasteiger partial charge in [-0.3, -0.25) is 4.98 Å². The maximum atomic E-state index is 9.59. The van der Waals surface area contributed by atoms with Crippen LogP contribution in [0.5, 0.6) is 0 Å². The van der Waals surface area contributed by atoms with Gasteiger partial charge in [-0.05, 0) is 63.2 Å². The van der Waals surface area contributed by atoms with E-state index in [4.69, 9.17) is 0 Å². The molecule has 0 amide bonds. The van der Waals surface area contributed by atoms with Gasteiger partial charge in [0.1, 0.15) is 0 Å². The second-order valence-electron chi connectivity index (χ2n) is 6.54. The Hall–Kier alpha value is -0.970. The van der Waals surface area contributed by atoms with E-state index in [1.807, 2.05) is 24.4 Å². The van der Waals surface area contributed by atoms with Crippen molar-refractivity contribution >= 4 is 0 Å². The third kappa shape index (κ3) is 4.02. The summed E-state index contributed by atoms with van der Waals surface area (Å²) in [6, 6.07) is 7.42. The minimum absolute atomic E-state index is 0.228. The van der Waals surface area contributed by atoms with Crippen molar-refractivity contribution in [3.63, 3.8) is 0 Å². The molecule has 3 rings (SSSR count). The quantitative estimate of drug-likeness (QED) is 0.832. The van der Waals surface area contributed by atoms with Crippen molar-refractivity contribution in [3.8, 4) is 0 Å². The van der Waals surface area contributed by atoms with Crippen LogP contribution in [0.4, 0.5) is 0 Å². The van der Waals surface area contributed by atoms with Gasteiger partial charge in [0.05, 0.1) is 0 Å². The van der Waals surface area contributed by atoms with Gasteiger partial charge in [-0.2, -0.15) is 0 Å². The summed E-state index contributed by atoms with van der Waals surface area (Å²) in [5, 5.41) is 13.3. The molecule has 2 aliphatic rings. The Bertz CT molecular complexity index is 425. The largest absolute Gasteiger partial charge is 0.396 e. The molecule has 2 aliphatic heterocycles. The first-order valence-corrected chi connectivity index (χ1v) is 8.33. The van der Waals surface area contributed by atoms with Crippen molar-refractivity contribution < 1.29 is 5.11 Å². The van der Waals surface area contributed by atoms with Crippen LogP contribution in [0.2, 0.25) is 0 Å². The van der Waals surface area contributed by atoms with E-state index in [-0.39, 0.29) is 12.5 Å². The van der Waals surface area contributed by atoms with E-state index in [2.05, 4.69) is 15.2 Å². The smallest absolute Gasteiger partial charge is 0.0475 e. The predicted octanol–water partition coefficient (Wildman–Crippen LogP) is 1.45. The monoisotopic (exact) mass is 289 g/mol. The van der Waals surface area contributed by atoms with Crippen LogP contribution < -0.4 is 5.32 Å². The van der Waals surface area contributed by atoms with Gasteiger partial charge in [0.15, 0.2) is 0 Å². The van der Waals surface area contributed by atoms with Gasteiger partial charge in [0, 0.05) is 37.1 Å². The standard InChI is InChI=1S/C17H27N3O/c21-13-14(10-15-4-1-2-7-18-15)12-19-16-6-9-20-8-3-5-17(20)11-16/h1-2,4,7,14,16-17,19,21H,3,5-6,8-13H2. The average molecular weight is 289 g/mol. The fraction of sp³-hybridized carbons (Fsp3) is 0.706. The van der Waals surface area contributed by atoms with E-state index < -0.39 is 0 Å². The Morgan fingerprint density at radius 2 is 2.29 bits per heavy atom. The Morgan fingerprint density at radius 3 is 3.10 bits per heavy atom. The van der Waals surface area contributed by atoms with Gasteiger partial charge >= 0.3 is 0 Å². The van der Waals surface area contributed by atoms with Crippen molar-refractivity contribution in [2.45, 2.75) is 44.2 Å². The molecule has 0 radical (unpaired) electrons. The van der Waals surface area contributed by atoms with Crippen molar-refractivity contribution in [1.82, 2.24) is 15.2 Å². The highest BCUT2D eigenvalue weighted by Gasteiger charge is 2.31. The predicted molar refractivity (Wildman–Crippen MR) is 84.1 cm³/mol. The highest BCUT2D eigenvalue weighted by molar-refractivity contribution is 5.04. The number of aromatic nitrogens is 1. The summed E-state index contributed by atoms with van der Waals surface area (Å²) in [6.45, 7) is 3.67. The van der Waals surface area contributed by atoms with E-state index in [1.165, 1.54) is 38.8 Å².